The fraction of sp³-hybridized carbons (Fsp3) is 0.105. The van der Waals surface area contributed by atoms with Crippen molar-refractivity contribution in [3.05, 3.63) is 75.6 Å². The molecular weight excluding hydrogens is 324 g/mol. The Balaban J connectivity index is 1.92. The normalized spacial score (nSPS) is 16.3. The molecular formula is C19H12O6. The average Bonchev–Trinajstić information content (AvgIpc) is 2.61. The van der Waals surface area contributed by atoms with Crippen LogP contribution in [0.5, 0.6) is 5.75 Å². The van der Waals surface area contributed by atoms with Gasteiger partial charge in [-0.15, -0.1) is 0 Å². The van der Waals surface area contributed by atoms with E-state index < -0.39 is 23.5 Å². The van der Waals surface area contributed by atoms with E-state index in [0.29, 0.717) is 16.5 Å². The van der Waals surface area contributed by atoms with Crippen LogP contribution < -0.4 is 10.4 Å². The molecule has 6 nitrogen and oxygen atoms in total. The van der Waals surface area contributed by atoms with Crippen LogP contribution in [-0.2, 0) is 4.79 Å². The van der Waals surface area contributed by atoms with E-state index in [0.717, 1.165) is 0 Å². The van der Waals surface area contributed by atoms with Gasteiger partial charge in [-0.1, -0.05) is 24.3 Å². The molecule has 1 aliphatic rings. The summed E-state index contributed by atoms with van der Waals surface area (Å²) in [5, 5.41) is 9.56. The van der Waals surface area contributed by atoms with Crippen molar-refractivity contribution in [3.63, 3.8) is 0 Å². The van der Waals surface area contributed by atoms with Gasteiger partial charge in [0.2, 0.25) is 0 Å². The number of para-hydroxylation sites is 1. The van der Waals surface area contributed by atoms with Gasteiger partial charge in [0, 0.05) is 5.92 Å². The van der Waals surface area contributed by atoms with Crippen molar-refractivity contribution in [2.45, 2.75) is 12.3 Å². The second-order valence-electron chi connectivity index (χ2n) is 5.79. The highest BCUT2D eigenvalue weighted by molar-refractivity contribution is 5.90. The summed E-state index contributed by atoms with van der Waals surface area (Å²) < 4.78 is 10.7. The molecule has 25 heavy (non-hydrogen) atoms. The Hall–Kier alpha value is -3.41. The van der Waals surface area contributed by atoms with Crippen LogP contribution in [0.4, 0.5) is 0 Å². The third-order valence-corrected chi connectivity index (χ3v) is 4.29. The van der Waals surface area contributed by atoms with Crippen LogP contribution in [0, 0.1) is 0 Å². The lowest BCUT2D eigenvalue weighted by atomic mass is 9.86. The number of rotatable bonds is 2. The summed E-state index contributed by atoms with van der Waals surface area (Å²) in [6.07, 6.45) is -0.0114. The summed E-state index contributed by atoms with van der Waals surface area (Å²) in [6.45, 7) is 0. The maximum absolute atomic E-state index is 12.5. The zero-order valence-corrected chi connectivity index (χ0v) is 12.9. The molecule has 3 aromatic rings. The Morgan fingerprint density at radius 2 is 1.76 bits per heavy atom. The smallest absolute Gasteiger partial charge is 0.343 e. The summed E-state index contributed by atoms with van der Waals surface area (Å²) in [6, 6.07) is 12.9. The number of esters is 1. The van der Waals surface area contributed by atoms with E-state index in [9.17, 15) is 14.4 Å². The quantitative estimate of drug-likeness (QED) is 0.571. The van der Waals surface area contributed by atoms with E-state index in [-0.39, 0.29) is 23.3 Å². The number of benzene rings is 2. The van der Waals surface area contributed by atoms with E-state index >= 15 is 0 Å². The molecule has 1 aliphatic heterocycles. The molecule has 1 atom stereocenters. The van der Waals surface area contributed by atoms with E-state index in [1.54, 1.807) is 36.4 Å². The molecule has 0 aliphatic carbocycles. The Kier molecular flexibility index (Phi) is 3.39. The van der Waals surface area contributed by atoms with E-state index in [1.165, 1.54) is 12.1 Å². The molecule has 2 aromatic carbocycles. The highest BCUT2D eigenvalue weighted by atomic mass is 16.5. The van der Waals surface area contributed by atoms with Crippen molar-refractivity contribution in [1.29, 1.82) is 0 Å². The van der Waals surface area contributed by atoms with Crippen LogP contribution in [-0.4, -0.2) is 17.0 Å². The summed E-state index contributed by atoms with van der Waals surface area (Å²) in [4.78, 5) is 35.6. The first-order valence-electron chi connectivity index (χ1n) is 7.64. The number of aromatic carboxylic acids is 1. The number of fused-ring (bicyclic) bond motifs is 3. The molecule has 1 N–H and O–H groups in total. The van der Waals surface area contributed by atoms with Gasteiger partial charge in [0.1, 0.15) is 5.58 Å². The fourth-order valence-corrected chi connectivity index (χ4v) is 3.11. The van der Waals surface area contributed by atoms with Gasteiger partial charge in [-0.25, -0.2) is 9.59 Å². The van der Waals surface area contributed by atoms with Crippen molar-refractivity contribution >= 4 is 22.9 Å². The predicted molar refractivity (Wildman–Crippen MR) is 88.0 cm³/mol. The summed E-state index contributed by atoms with van der Waals surface area (Å²) >= 11 is 0. The molecule has 0 radical (unpaired) electrons. The first-order valence-corrected chi connectivity index (χ1v) is 7.64. The molecule has 2 heterocycles. The minimum Gasteiger partial charge on any atom is -0.478 e. The first-order chi connectivity index (χ1) is 12.0. The number of carbonyl (C=O) groups excluding carboxylic acids is 1. The Labute approximate surface area is 141 Å². The monoisotopic (exact) mass is 336 g/mol. The molecule has 0 bridgehead atoms. The van der Waals surface area contributed by atoms with Crippen molar-refractivity contribution in [3.8, 4) is 5.75 Å². The standard InChI is InChI=1S/C19H12O6/c20-15-9-13(10-5-7-11(8-6-10)18(21)22)16-17(25-15)12-3-1-2-4-14(12)24-19(16)23/h1-8,13H,9H2,(H,21,22)/t13-/m1/s1. The molecule has 0 unspecified atom stereocenters. The van der Waals surface area contributed by atoms with Gasteiger partial charge < -0.3 is 14.3 Å². The van der Waals surface area contributed by atoms with Crippen molar-refractivity contribution in [1.82, 2.24) is 0 Å². The second-order valence-corrected chi connectivity index (χ2v) is 5.79. The van der Waals surface area contributed by atoms with E-state index in [4.69, 9.17) is 14.3 Å². The summed E-state index contributed by atoms with van der Waals surface area (Å²) in [5.74, 6) is -1.81. The maximum atomic E-state index is 12.5. The second kappa shape index (κ2) is 5.59. The molecule has 4 rings (SSSR count). The van der Waals surface area contributed by atoms with Crippen molar-refractivity contribution in [2.24, 2.45) is 0 Å². The minimum atomic E-state index is -1.04. The zero-order valence-electron chi connectivity index (χ0n) is 12.9. The van der Waals surface area contributed by atoms with Crippen molar-refractivity contribution < 1.29 is 23.8 Å². The number of carboxylic acids is 1. The van der Waals surface area contributed by atoms with Gasteiger partial charge in [0.15, 0.2) is 5.75 Å². The third kappa shape index (κ3) is 2.48. The minimum absolute atomic E-state index is 0.0114. The van der Waals surface area contributed by atoms with Gasteiger partial charge in [-0.2, -0.15) is 0 Å². The lowest BCUT2D eigenvalue weighted by Gasteiger charge is -2.24. The first kappa shape index (κ1) is 15.1. The molecule has 0 saturated heterocycles. The molecule has 0 saturated carbocycles. The molecule has 0 spiro atoms. The highest BCUT2D eigenvalue weighted by Gasteiger charge is 2.33. The van der Waals surface area contributed by atoms with E-state index in [2.05, 4.69) is 0 Å². The van der Waals surface area contributed by atoms with Crippen LogP contribution in [0.2, 0.25) is 0 Å². The number of carboxylic acid groups (broad SMARTS) is 1. The maximum Gasteiger partial charge on any atom is 0.343 e. The Morgan fingerprint density at radius 3 is 2.48 bits per heavy atom. The molecule has 1 aromatic heterocycles. The van der Waals surface area contributed by atoms with Crippen molar-refractivity contribution in [2.75, 3.05) is 0 Å². The van der Waals surface area contributed by atoms with Gasteiger partial charge in [-0.05, 0) is 29.8 Å². The van der Waals surface area contributed by atoms with E-state index in [1.807, 2.05) is 0 Å². The Bertz CT molecular complexity index is 1060. The SMILES string of the molecule is O=C1C[C@H](c2ccc(C(=O)O)cc2)c2c(c3ccccc3oc2=O)O1. The van der Waals surface area contributed by atoms with Gasteiger partial charge in [-0.3, -0.25) is 4.79 Å². The molecule has 0 amide bonds. The number of carbonyl (C=O) groups is 2. The van der Waals surface area contributed by atoms with Gasteiger partial charge >= 0.3 is 17.6 Å². The lowest BCUT2D eigenvalue weighted by Crippen LogP contribution is -2.26. The summed E-state index contributed by atoms with van der Waals surface area (Å²) in [5.41, 5.74) is 0.856. The highest BCUT2D eigenvalue weighted by Crippen LogP contribution is 2.40. The van der Waals surface area contributed by atoms with Crippen LogP contribution in [0.15, 0.2) is 57.7 Å². The molecule has 0 fully saturated rings. The zero-order chi connectivity index (χ0) is 17.6. The van der Waals surface area contributed by atoms with Gasteiger partial charge in [0.05, 0.1) is 22.9 Å². The summed E-state index contributed by atoms with van der Waals surface area (Å²) in [7, 11) is 0. The Morgan fingerprint density at radius 1 is 1.04 bits per heavy atom. The van der Waals surface area contributed by atoms with Crippen LogP contribution in [0.1, 0.15) is 33.8 Å². The van der Waals surface area contributed by atoms with Crippen LogP contribution in [0.3, 0.4) is 0 Å². The third-order valence-electron chi connectivity index (χ3n) is 4.29. The average molecular weight is 336 g/mol. The van der Waals surface area contributed by atoms with Crippen LogP contribution in [0.25, 0.3) is 11.0 Å². The molecule has 6 heteroatoms. The molecule has 124 valence electrons. The number of ether oxygens (including phenoxy) is 1. The predicted octanol–water partition coefficient (Wildman–Crippen LogP) is 2.93. The fourth-order valence-electron chi connectivity index (χ4n) is 3.11. The largest absolute Gasteiger partial charge is 0.478 e. The number of hydrogen-bond donors (Lipinski definition) is 1. The topological polar surface area (TPSA) is 93.8 Å². The number of hydrogen-bond acceptors (Lipinski definition) is 5. The van der Waals surface area contributed by atoms with Gasteiger partial charge in [0.25, 0.3) is 0 Å². The van der Waals surface area contributed by atoms with Crippen LogP contribution >= 0.6 is 0 Å². The lowest BCUT2D eigenvalue weighted by molar-refractivity contribution is -0.135.